The van der Waals surface area contributed by atoms with Crippen molar-refractivity contribution in [1.82, 2.24) is 4.98 Å². The molecule has 0 radical (unpaired) electrons. The van der Waals surface area contributed by atoms with E-state index in [4.69, 9.17) is 39.2 Å². The van der Waals surface area contributed by atoms with Crippen LogP contribution < -0.4 is 4.90 Å². The van der Waals surface area contributed by atoms with Crippen LogP contribution in [0.4, 0.5) is 5.13 Å². The lowest BCUT2D eigenvalue weighted by molar-refractivity contribution is -0.117. The van der Waals surface area contributed by atoms with Gasteiger partial charge in [-0.15, -0.1) is 0 Å². The first-order valence-electron chi connectivity index (χ1n) is 9.64. The number of para-hydroxylation sites is 1. The quantitative estimate of drug-likeness (QED) is 0.295. The lowest BCUT2D eigenvalue weighted by atomic mass is 9.95. The summed E-state index contributed by atoms with van der Waals surface area (Å²) in [6.07, 6.45) is 0. The van der Waals surface area contributed by atoms with Crippen molar-refractivity contribution >= 4 is 73.2 Å². The van der Waals surface area contributed by atoms with Crippen molar-refractivity contribution in [1.29, 1.82) is 0 Å². The fourth-order valence-electron chi connectivity index (χ4n) is 3.73. The molecule has 0 bridgehead atoms. The molecule has 0 fully saturated rings. The molecule has 33 heavy (non-hydrogen) atoms. The number of furan rings is 1. The van der Waals surface area contributed by atoms with Crippen LogP contribution >= 0.6 is 46.1 Å². The molecule has 10 heteroatoms. The van der Waals surface area contributed by atoms with E-state index in [0.717, 1.165) is 4.70 Å². The summed E-state index contributed by atoms with van der Waals surface area (Å²) in [6.45, 7) is 1.69. The number of hydrogen-bond acceptors (Lipinski definition) is 6. The van der Waals surface area contributed by atoms with Crippen molar-refractivity contribution in [3.8, 4) is 0 Å². The fourth-order valence-corrected chi connectivity index (χ4v) is 5.33. The summed E-state index contributed by atoms with van der Waals surface area (Å²) >= 11 is 19.8. The van der Waals surface area contributed by atoms with Crippen LogP contribution in [0, 0.1) is 6.92 Å². The summed E-state index contributed by atoms with van der Waals surface area (Å²) in [5, 5.41) is 12.1. The number of aromatic nitrogens is 1. The number of anilines is 1. The maximum Gasteiger partial charge on any atom is 0.296 e. The average molecular weight is 520 g/mol. The molecule has 1 N–H and O–H groups in total. The summed E-state index contributed by atoms with van der Waals surface area (Å²) in [5.74, 6) is -1.55. The maximum atomic E-state index is 13.4. The first-order chi connectivity index (χ1) is 15.8. The topological polar surface area (TPSA) is 83.6 Å². The Hall–Kier alpha value is -2.84. The van der Waals surface area contributed by atoms with Crippen LogP contribution in [-0.4, -0.2) is 21.8 Å². The third-order valence-electron chi connectivity index (χ3n) is 5.24. The third-order valence-corrected chi connectivity index (χ3v) is 7.30. The number of aliphatic hydroxyl groups excluding tert-OH is 1. The van der Waals surface area contributed by atoms with Crippen molar-refractivity contribution in [3.63, 3.8) is 0 Å². The number of halogens is 3. The van der Waals surface area contributed by atoms with E-state index in [-0.39, 0.29) is 21.5 Å². The molecule has 1 amide bonds. The Morgan fingerprint density at radius 1 is 1.09 bits per heavy atom. The van der Waals surface area contributed by atoms with Gasteiger partial charge in [0.15, 0.2) is 16.7 Å². The Morgan fingerprint density at radius 3 is 2.55 bits per heavy atom. The van der Waals surface area contributed by atoms with Gasteiger partial charge in [0, 0.05) is 0 Å². The molecule has 3 heterocycles. The first kappa shape index (κ1) is 22.0. The van der Waals surface area contributed by atoms with Crippen LogP contribution in [-0.2, 0) is 4.79 Å². The monoisotopic (exact) mass is 518 g/mol. The molecule has 1 atom stereocenters. The largest absolute Gasteiger partial charge is 0.503 e. The number of Topliss-reactive ketones (excluding diaryl/α,β-unsaturated/α-hetero) is 1. The van der Waals surface area contributed by atoms with Gasteiger partial charge < -0.3 is 9.52 Å². The molecule has 166 valence electrons. The highest BCUT2D eigenvalue weighted by Crippen LogP contribution is 2.45. The van der Waals surface area contributed by atoms with E-state index in [1.54, 1.807) is 43.3 Å². The molecule has 1 aliphatic rings. The van der Waals surface area contributed by atoms with Crippen molar-refractivity contribution in [2.75, 3.05) is 4.90 Å². The lowest BCUT2D eigenvalue weighted by Crippen LogP contribution is -2.31. The van der Waals surface area contributed by atoms with Gasteiger partial charge in [-0.05, 0) is 48.9 Å². The van der Waals surface area contributed by atoms with Crippen molar-refractivity contribution < 1.29 is 19.1 Å². The summed E-state index contributed by atoms with van der Waals surface area (Å²) in [5.41, 5.74) is 0.845. The number of hydrogen-bond donors (Lipinski definition) is 1. The Morgan fingerprint density at radius 2 is 1.88 bits per heavy atom. The molecule has 2 aromatic heterocycles. The third kappa shape index (κ3) is 3.61. The highest BCUT2D eigenvalue weighted by Gasteiger charge is 2.46. The van der Waals surface area contributed by atoms with E-state index in [2.05, 4.69) is 4.98 Å². The zero-order valence-corrected chi connectivity index (χ0v) is 19.9. The van der Waals surface area contributed by atoms with Crippen LogP contribution in [0.2, 0.25) is 15.1 Å². The van der Waals surface area contributed by atoms with Gasteiger partial charge in [0.05, 0.1) is 31.4 Å². The van der Waals surface area contributed by atoms with Gasteiger partial charge in [0.1, 0.15) is 11.3 Å². The second-order valence-corrected chi connectivity index (χ2v) is 9.57. The van der Waals surface area contributed by atoms with Gasteiger partial charge in [0.25, 0.3) is 5.91 Å². The normalized spacial score (nSPS) is 16.3. The number of thiazole rings is 1. The van der Waals surface area contributed by atoms with Gasteiger partial charge in [-0.2, -0.15) is 0 Å². The van der Waals surface area contributed by atoms with E-state index in [9.17, 15) is 14.7 Å². The number of ketones is 1. The number of aryl methyl sites for hydroxylation is 1. The molecule has 2 aromatic carbocycles. The summed E-state index contributed by atoms with van der Waals surface area (Å²) in [6, 6.07) is 12.2. The smallest absolute Gasteiger partial charge is 0.296 e. The first-order valence-corrected chi connectivity index (χ1v) is 11.6. The number of aliphatic hydroxyl groups is 1. The van der Waals surface area contributed by atoms with Gasteiger partial charge in [-0.1, -0.05) is 58.3 Å². The van der Waals surface area contributed by atoms with Gasteiger partial charge in [-0.3, -0.25) is 14.5 Å². The minimum atomic E-state index is -1.01. The van der Waals surface area contributed by atoms with E-state index in [1.807, 2.05) is 6.07 Å². The summed E-state index contributed by atoms with van der Waals surface area (Å²) < 4.78 is 6.22. The minimum Gasteiger partial charge on any atom is -0.503 e. The number of fused-ring (bicyclic) bond motifs is 1. The SMILES string of the molecule is Cc1ccc(C(=O)C2=C(O)C(=O)N(c3nc4c(Cl)cccc4s3)C2c2ccc(Cl)c(Cl)c2)o1. The minimum absolute atomic E-state index is 0.00102. The molecule has 5 rings (SSSR count). The predicted octanol–water partition coefficient (Wildman–Crippen LogP) is 6.94. The van der Waals surface area contributed by atoms with Crippen molar-refractivity contribution in [2.45, 2.75) is 13.0 Å². The number of carbonyl (C=O) groups is 2. The summed E-state index contributed by atoms with van der Waals surface area (Å²) in [4.78, 5) is 32.4. The molecule has 0 spiro atoms. The fraction of sp³-hybridized carbons (Fsp3) is 0.0870. The molecular formula is C23H13Cl3N2O4S. The number of carbonyl (C=O) groups excluding carboxylic acids is 2. The van der Waals surface area contributed by atoms with Gasteiger partial charge in [0.2, 0.25) is 5.78 Å². The van der Waals surface area contributed by atoms with E-state index < -0.39 is 23.5 Å². The zero-order valence-electron chi connectivity index (χ0n) is 16.8. The van der Waals surface area contributed by atoms with Crippen molar-refractivity contribution in [3.05, 3.63) is 92.0 Å². The summed E-state index contributed by atoms with van der Waals surface area (Å²) in [7, 11) is 0. The number of nitrogens with zero attached hydrogens (tertiary/aromatic N) is 2. The molecule has 1 aliphatic heterocycles. The standard InChI is InChI=1S/C23H13Cl3N2O4S/c1-10-5-8-15(32-10)20(29)17-19(11-6-7-12(24)14(26)9-11)28(22(31)21(17)30)23-27-18-13(25)3-2-4-16(18)33-23/h2-9,19,30H,1H3. The molecule has 4 aromatic rings. The molecule has 6 nitrogen and oxygen atoms in total. The zero-order chi connectivity index (χ0) is 23.4. The molecule has 0 saturated carbocycles. The van der Waals surface area contributed by atoms with Crippen LogP contribution in [0.5, 0.6) is 0 Å². The van der Waals surface area contributed by atoms with Crippen LogP contribution in [0.3, 0.4) is 0 Å². The van der Waals surface area contributed by atoms with Crippen molar-refractivity contribution in [2.24, 2.45) is 0 Å². The van der Waals surface area contributed by atoms with Crippen LogP contribution in [0.15, 0.2) is 64.3 Å². The predicted molar refractivity (Wildman–Crippen MR) is 129 cm³/mol. The maximum absolute atomic E-state index is 13.4. The van der Waals surface area contributed by atoms with Gasteiger partial charge >= 0.3 is 0 Å². The highest BCUT2D eigenvalue weighted by molar-refractivity contribution is 7.22. The number of rotatable bonds is 4. The van der Waals surface area contributed by atoms with Gasteiger partial charge in [-0.25, -0.2) is 4.98 Å². The Bertz CT molecular complexity index is 1490. The second-order valence-electron chi connectivity index (χ2n) is 7.34. The molecular weight excluding hydrogens is 507 g/mol. The second kappa shape index (κ2) is 8.18. The Balaban J connectivity index is 1.71. The molecule has 0 saturated heterocycles. The molecule has 1 unspecified atom stereocenters. The highest BCUT2D eigenvalue weighted by atomic mass is 35.5. The van der Waals surface area contributed by atoms with E-state index in [0.29, 0.717) is 26.9 Å². The number of amides is 1. The average Bonchev–Trinajstić information content (AvgIpc) is 3.47. The van der Waals surface area contributed by atoms with Crippen LogP contribution in [0.1, 0.15) is 27.9 Å². The van der Waals surface area contributed by atoms with E-state index >= 15 is 0 Å². The lowest BCUT2D eigenvalue weighted by Gasteiger charge is -2.24. The van der Waals surface area contributed by atoms with E-state index in [1.165, 1.54) is 22.3 Å². The molecule has 0 aliphatic carbocycles. The Kier molecular flexibility index (Phi) is 5.45. The number of benzene rings is 2. The Labute approximate surface area is 206 Å². The van der Waals surface area contributed by atoms with Crippen LogP contribution in [0.25, 0.3) is 10.2 Å².